The summed E-state index contributed by atoms with van der Waals surface area (Å²) < 4.78 is 14.4. The van der Waals surface area contributed by atoms with Gasteiger partial charge in [0.05, 0.1) is 6.20 Å². The van der Waals surface area contributed by atoms with E-state index in [2.05, 4.69) is 37.9 Å². The van der Waals surface area contributed by atoms with Crippen molar-refractivity contribution in [1.29, 1.82) is 0 Å². The molecule has 0 aliphatic heterocycles. The van der Waals surface area contributed by atoms with Gasteiger partial charge in [0, 0.05) is 11.3 Å². The summed E-state index contributed by atoms with van der Waals surface area (Å²) in [5, 5.41) is 0. The van der Waals surface area contributed by atoms with E-state index in [1.807, 2.05) is 11.3 Å². The van der Waals surface area contributed by atoms with E-state index >= 15 is 0 Å². The summed E-state index contributed by atoms with van der Waals surface area (Å²) in [5.41, 5.74) is 4.06. The minimum absolute atomic E-state index is 0.0308. The molecule has 0 aliphatic carbocycles. The SMILES string of the molecule is Cc1ccc(C(C)(C)C)c2ncc(P(C)(C)=O)n12. The van der Waals surface area contributed by atoms with Crippen molar-refractivity contribution in [2.24, 2.45) is 0 Å². The Bertz CT molecular complexity index is 644. The Labute approximate surface area is 109 Å². The molecule has 2 rings (SSSR count). The van der Waals surface area contributed by atoms with E-state index < -0.39 is 7.14 Å². The van der Waals surface area contributed by atoms with Crippen LogP contribution in [-0.4, -0.2) is 22.7 Å². The number of hydrogen-bond donors (Lipinski definition) is 0. The summed E-state index contributed by atoms with van der Waals surface area (Å²) in [4.78, 5) is 4.50. The Morgan fingerprint density at radius 3 is 2.33 bits per heavy atom. The average molecular weight is 264 g/mol. The molecule has 18 heavy (non-hydrogen) atoms. The zero-order chi connectivity index (χ0) is 13.7. The Hall–Kier alpha value is -1.08. The van der Waals surface area contributed by atoms with E-state index in [1.54, 1.807) is 19.5 Å². The lowest BCUT2D eigenvalue weighted by Crippen LogP contribution is -2.17. The molecule has 4 heteroatoms. The maximum Gasteiger partial charge on any atom is 0.141 e. The molecule has 0 saturated heterocycles. The smallest absolute Gasteiger partial charge is 0.141 e. The molecule has 0 spiro atoms. The summed E-state index contributed by atoms with van der Waals surface area (Å²) in [7, 11) is -2.31. The van der Waals surface area contributed by atoms with Crippen LogP contribution in [0.3, 0.4) is 0 Å². The summed E-state index contributed by atoms with van der Waals surface area (Å²) in [5.74, 6) is 0. The Morgan fingerprint density at radius 1 is 1.22 bits per heavy atom. The number of aromatic nitrogens is 2. The van der Waals surface area contributed by atoms with Gasteiger partial charge in [-0.25, -0.2) is 4.98 Å². The van der Waals surface area contributed by atoms with Gasteiger partial charge in [-0.2, -0.15) is 0 Å². The highest BCUT2D eigenvalue weighted by Crippen LogP contribution is 2.36. The highest BCUT2D eigenvalue weighted by Gasteiger charge is 2.23. The van der Waals surface area contributed by atoms with Gasteiger partial charge in [0.15, 0.2) is 0 Å². The largest absolute Gasteiger partial charge is 0.318 e. The molecule has 0 amide bonds. The van der Waals surface area contributed by atoms with E-state index in [1.165, 1.54) is 5.56 Å². The van der Waals surface area contributed by atoms with Gasteiger partial charge >= 0.3 is 0 Å². The predicted octanol–water partition coefficient (Wildman–Crippen LogP) is 3.19. The van der Waals surface area contributed by atoms with E-state index in [0.717, 1.165) is 16.8 Å². The van der Waals surface area contributed by atoms with Gasteiger partial charge in [-0.1, -0.05) is 26.8 Å². The molecule has 0 saturated carbocycles. The van der Waals surface area contributed by atoms with Crippen LogP contribution in [0.25, 0.3) is 5.65 Å². The Balaban J connectivity index is 2.88. The van der Waals surface area contributed by atoms with Crippen molar-refractivity contribution in [3.05, 3.63) is 29.6 Å². The summed E-state index contributed by atoms with van der Waals surface area (Å²) in [6.07, 6.45) is 1.76. The number of fused-ring (bicyclic) bond motifs is 1. The third kappa shape index (κ3) is 2.12. The fourth-order valence-electron chi connectivity index (χ4n) is 2.20. The molecule has 2 aromatic heterocycles. The number of hydrogen-bond acceptors (Lipinski definition) is 2. The number of nitrogens with zero attached hydrogens (tertiary/aromatic N) is 2. The molecule has 3 nitrogen and oxygen atoms in total. The summed E-state index contributed by atoms with van der Waals surface area (Å²) in [6, 6.07) is 4.20. The second-order valence-electron chi connectivity index (χ2n) is 6.26. The lowest BCUT2D eigenvalue weighted by atomic mass is 9.87. The van der Waals surface area contributed by atoms with Gasteiger partial charge in [0.25, 0.3) is 0 Å². The van der Waals surface area contributed by atoms with Crippen molar-refractivity contribution in [3.8, 4) is 0 Å². The van der Waals surface area contributed by atoms with Crippen LogP contribution in [0, 0.1) is 6.92 Å². The van der Waals surface area contributed by atoms with Crippen LogP contribution in [0.2, 0.25) is 0 Å². The minimum Gasteiger partial charge on any atom is -0.318 e. The van der Waals surface area contributed by atoms with Crippen molar-refractivity contribution < 1.29 is 4.57 Å². The molecule has 0 fully saturated rings. The number of rotatable bonds is 1. The second kappa shape index (κ2) is 3.96. The van der Waals surface area contributed by atoms with E-state index in [-0.39, 0.29) is 5.41 Å². The molecule has 0 aromatic carbocycles. The molecule has 0 bridgehead atoms. The van der Waals surface area contributed by atoms with Gasteiger partial charge in [-0.05, 0) is 31.7 Å². The fraction of sp³-hybridized carbons (Fsp3) is 0.500. The molecule has 0 radical (unpaired) electrons. The van der Waals surface area contributed by atoms with E-state index in [0.29, 0.717) is 0 Å². The second-order valence-corrected chi connectivity index (χ2v) is 9.42. The Kier molecular flexibility index (Phi) is 2.94. The fourth-order valence-corrected chi connectivity index (χ4v) is 3.27. The first-order valence-corrected chi connectivity index (χ1v) is 8.75. The van der Waals surface area contributed by atoms with Crippen LogP contribution in [-0.2, 0) is 9.98 Å². The maximum atomic E-state index is 12.3. The van der Waals surface area contributed by atoms with Crippen LogP contribution < -0.4 is 5.44 Å². The zero-order valence-corrected chi connectivity index (χ0v) is 12.9. The number of imidazole rings is 1. The quantitative estimate of drug-likeness (QED) is 0.741. The highest BCUT2D eigenvalue weighted by atomic mass is 31.2. The van der Waals surface area contributed by atoms with Gasteiger partial charge in [-0.15, -0.1) is 0 Å². The van der Waals surface area contributed by atoms with Crippen LogP contribution in [0.1, 0.15) is 32.0 Å². The first kappa shape index (κ1) is 13.4. The van der Waals surface area contributed by atoms with E-state index in [4.69, 9.17) is 0 Å². The number of pyridine rings is 1. The van der Waals surface area contributed by atoms with Crippen molar-refractivity contribution in [2.45, 2.75) is 33.1 Å². The predicted molar refractivity (Wildman–Crippen MR) is 77.7 cm³/mol. The highest BCUT2D eigenvalue weighted by molar-refractivity contribution is 7.69. The van der Waals surface area contributed by atoms with Crippen molar-refractivity contribution in [3.63, 3.8) is 0 Å². The molecule has 0 unspecified atom stereocenters. The molecule has 2 heterocycles. The van der Waals surface area contributed by atoms with Crippen LogP contribution in [0.15, 0.2) is 18.3 Å². The van der Waals surface area contributed by atoms with Gasteiger partial charge in [0.1, 0.15) is 18.2 Å². The van der Waals surface area contributed by atoms with Crippen LogP contribution in [0.5, 0.6) is 0 Å². The maximum absolute atomic E-state index is 12.3. The number of aryl methyl sites for hydroxylation is 1. The lowest BCUT2D eigenvalue weighted by Gasteiger charge is -2.21. The average Bonchev–Trinajstić information content (AvgIpc) is 2.60. The molecule has 98 valence electrons. The summed E-state index contributed by atoms with van der Waals surface area (Å²) in [6.45, 7) is 12.1. The van der Waals surface area contributed by atoms with Gasteiger partial charge < -0.3 is 4.57 Å². The van der Waals surface area contributed by atoms with Crippen molar-refractivity contribution >= 4 is 18.2 Å². The zero-order valence-electron chi connectivity index (χ0n) is 12.0. The molecule has 2 aromatic rings. The third-order valence-corrected chi connectivity index (χ3v) is 4.61. The summed E-state index contributed by atoms with van der Waals surface area (Å²) >= 11 is 0. The lowest BCUT2D eigenvalue weighted by molar-refractivity contribution is 0.586. The van der Waals surface area contributed by atoms with Gasteiger partial charge in [0.2, 0.25) is 0 Å². The van der Waals surface area contributed by atoms with Crippen molar-refractivity contribution in [1.82, 2.24) is 9.38 Å². The molecule has 0 N–H and O–H groups in total. The monoisotopic (exact) mass is 264 g/mol. The topological polar surface area (TPSA) is 34.4 Å². The molecular weight excluding hydrogens is 243 g/mol. The normalized spacial score (nSPS) is 13.2. The molecular formula is C14H21N2OP. The van der Waals surface area contributed by atoms with Crippen LogP contribution >= 0.6 is 7.14 Å². The standard InChI is InChI=1S/C14H21N2OP/c1-10-7-8-11(14(2,3)4)13-15-9-12(16(10)13)18(5,6)17/h7-9H,1-6H3. The molecule has 0 atom stereocenters. The first-order valence-electron chi connectivity index (χ1n) is 6.15. The van der Waals surface area contributed by atoms with Crippen LogP contribution in [0.4, 0.5) is 0 Å². The van der Waals surface area contributed by atoms with Gasteiger partial charge in [-0.3, -0.25) is 4.40 Å². The Morgan fingerprint density at radius 2 is 1.83 bits per heavy atom. The minimum atomic E-state index is -2.31. The first-order chi connectivity index (χ1) is 8.12. The van der Waals surface area contributed by atoms with E-state index in [9.17, 15) is 4.57 Å². The third-order valence-electron chi connectivity index (χ3n) is 3.19. The molecule has 0 aliphatic rings. The van der Waals surface area contributed by atoms with Crippen molar-refractivity contribution in [2.75, 3.05) is 13.3 Å².